The van der Waals surface area contributed by atoms with Crippen molar-refractivity contribution in [3.63, 3.8) is 0 Å². The Labute approximate surface area is 102 Å². The summed E-state index contributed by atoms with van der Waals surface area (Å²) in [4.78, 5) is 4.37. The molecule has 0 saturated heterocycles. The van der Waals surface area contributed by atoms with E-state index < -0.39 is 0 Å². The summed E-state index contributed by atoms with van der Waals surface area (Å²) in [5, 5.41) is 7.61. The monoisotopic (exact) mass is 230 g/mol. The Morgan fingerprint density at radius 2 is 2.18 bits per heavy atom. The zero-order chi connectivity index (χ0) is 12.1. The Morgan fingerprint density at radius 1 is 1.29 bits per heavy atom. The molecule has 0 aliphatic carbocycles. The number of anilines is 1. The molecule has 90 valence electrons. The average Bonchev–Trinajstić information content (AvgIpc) is 2.74. The van der Waals surface area contributed by atoms with Crippen LogP contribution in [0.15, 0.2) is 30.6 Å². The van der Waals surface area contributed by atoms with Gasteiger partial charge in [-0.1, -0.05) is 13.0 Å². The van der Waals surface area contributed by atoms with Gasteiger partial charge in [0, 0.05) is 18.9 Å². The third-order valence-electron chi connectivity index (χ3n) is 2.50. The van der Waals surface area contributed by atoms with E-state index in [0.29, 0.717) is 0 Å². The summed E-state index contributed by atoms with van der Waals surface area (Å²) >= 11 is 0. The van der Waals surface area contributed by atoms with Gasteiger partial charge in [0.25, 0.3) is 0 Å². The van der Waals surface area contributed by atoms with Crippen molar-refractivity contribution in [3.8, 4) is 0 Å². The molecule has 0 unspecified atom stereocenters. The normalized spacial score (nSPS) is 10.5. The topological polar surface area (TPSA) is 42.7 Å². The molecule has 2 aromatic rings. The van der Waals surface area contributed by atoms with Crippen LogP contribution in [0.4, 0.5) is 5.82 Å². The lowest BCUT2D eigenvalue weighted by Crippen LogP contribution is -2.04. The van der Waals surface area contributed by atoms with Crippen molar-refractivity contribution in [1.29, 1.82) is 0 Å². The van der Waals surface area contributed by atoms with Crippen molar-refractivity contribution in [2.75, 3.05) is 11.9 Å². The van der Waals surface area contributed by atoms with Crippen LogP contribution in [0.25, 0.3) is 0 Å². The maximum absolute atomic E-state index is 4.37. The second-order valence-corrected chi connectivity index (χ2v) is 4.13. The van der Waals surface area contributed by atoms with Crippen LogP contribution in [0, 0.1) is 6.92 Å². The fourth-order valence-electron chi connectivity index (χ4n) is 1.61. The minimum atomic E-state index is 0.773. The maximum Gasteiger partial charge on any atom is 0.125 e. The van der Waals surface area contributed by atoms with Gasteiger partial charge in [-0.15, -0.1) is 0 Å². The van der Waals surface area contributed by atoms with E-state index in [9.17, 15) is 0 Å². The highest BCUT2D eigenvalue weighted by atomic mass is 15.3. The summed E-state index contributed by atoms with van der Waals surface area (Å²) in [5.74, 6) is 0.937. The summed E-state index contributed by atoms with van der Waals surface area (Å²) in [6.07, 6.45) is 4.99. The first kappa shape index (κ1) is 11.6. The van der Waals surface area contributed by atoms with Crippen LogP contribution < -0.4 is 5.32 Å². The van der Waals surface area contributed by atoms with E-state index in [1.165, 1.54) is 0 Å². The fraction of sp³-hybridized carbons (Fsp3) is 0.385. The highest BCUT2D eigenvalue weighted by Gasteiger charge is 1.98. The molecule has 4 heteroatoms. The number of hydrogen-bond acceptors (Lipinski definition) is 3. The highest BCUT2D eigenvalue weighted by Crippen LogP contribution is 2.06. The molecule has 0 amide bonds. The van der Waals surface area contributed by atoms with Gasteiger partial charge in [-0.25, -0.2) is 4.98 Å². The molecule has 0 aliphatic rings. The van der Waals surface area contributed by atoms with Gasteiger partial charge in [-0.2, -0.15) is 5.10 Å². The third-order valence-corrected chi connectivity index (χ3v) is 2.50. The van der Waals surface area contributed by atoms with E-state index in [1.807, 2.05) is 36.1 Å². The molecule has 0 saturated carbocycles. The Bertz CT molecular complexity index is 459. The van der Waals surface area contributed by atoms with Gasteiger partial charge < -0.3 is 5.32 Å². The first-order valence-corrected chi connectivity index (χ1v) is 5.97. The van der Waals surface area contributed by atoms with Crippen molar-refractivity contribution in [3.05, 3.63) is 41.9 Å². The Hall–Kier alpha value is -1.84. The Kier molecular flexibility index (Phi) is 3.75. The van der Waals surface area contributed by atoms with Gasteiger partial charge in [-0.3, -0.25) is 4.68 Å². The summed E-state index contributed by atoms with van der Waals surface area (Å²) in [7, 11) is 0. The zero-order valence-corrected chi connectivity index (χ0v) is 10.3. The molecule has 4 nitrogen and oxygen atoms in total. The molecular weight excluding hydrogens is 212 g/mol. The van der Waals surface area contributed by atoms with Crippen LogP contribution in [0.5, 0.6) is 0 Å². The molecule has 2 aromatic heterocycles. The van der Waals surface area contributed by atoms with Crippen LogP contribution in [-0.4, -0.2) is 21.3 Å². The standard InChI is InChI=1S/C13H18N4/c1-3-7-14-13-5-4-12(9-15-13)10-17-8-6-11(2)16-17/h4-6,8-9H,3,7,10H2,1-2H3,(H,14,15). The van der Waals surface area contributed by atoms with Gasteiger partial charge in [0.2, 0.25) is 0 Å². The van der Waals surface area contributed by atoms with Crippen LogP contribution in [0.3, 0.4) is 0 Å². The van der Waals surface area contributed by atoms with Crippen molar-refractivity contribution in [2.24, 2.45) is 0 Å². The van der Waals surface area contributed by atoms with E-state index in [-0.39, 0.29) is 0 Å². The predicted molar refractivity (Wildman–Crippen MR) is 69.1 cm³/mol. The molecule has 0 radical (unpaired) electrons. The van der Waals surface area contributed by atoms with Crippen molar-refractivity contribution < 1.29 is 0 Å². The number of aryl methyl sites for hydroxylation is 1. The molecule has 2 rings (SSSR count). The van der Waals surface area contributed by atoms with Crippen LogP contribution >= 0.6 is 0 Å². The second-order valence-electron chi connectivity index (χ2n) is 4.13. The van der Waals surface area contributed by atoms with E-state index in [2.05, 4.69) is 28.4 Å². The molecule has 0 aromatic carbocycles. The smallest absolute Gasteiger partial charge is 0.125 e. The zero-order valence-electron chi connectivity index (χ0n) is 10.3. The lowest BCUT2D eigenvalue weighted by molar-refractivity contribution is 0.677. The Balaban J connectivity index is 1.98. The summed E-state index contributed by atoms with van der Waals surface area (Å²) in [6, 6.07) is 6.11. The number of hydrogen-bond donors (Lipinski definition) is 1. The quantitative estimate of drug-likeness (QED) is 0.858. The minimum Gasteiger partial charge on any atom is -0.370 e. The average molecular weight is 230 g/mol. The van der Waals surface area contributed by atoms with Crippen LogP contribution in [-0.2, 0) is 6.54 Å². The molecule has 17 heavy (non-hydrogen) atoms. The summed E-state index contributed by atoms with van der Waals surface area (Å²) < 4.78 is 1.92. The summed E-state index contributed by atoms with van der Waals surface area (Å²) in [6.45, 7) is 5.87. The van der Waals surface area contributed by atoms with E-state index in [1.54, 1.807) is 0 Å². The number of pyridine rings is 1. The first-order valence-electron chi connectivity index (χ1n) is 5.97. The largest absolute Gasteiger partial charge is 0.370 e. The molecule has 2 heterocycles. The van der Waals surface area contributed by atoms with Crippen LogP contribution in [0.2, 0.25) is 0 Å². The van der Waals surface area contributed by atoms with E-state index >= 15 is 0 Å². The predicted octanol–water partition coefficient (Wildman–Crippen LogP) is 2.46. The first-order chi connectivity index (χ1) is 8.28. The molecule has 0 aliphatic heterocycles. The van der Waals surface area contributed by atoms with Gasteiger partial charge in [0.05, 0.1) is 12.2 Å². The number of nitrogens with zero attached hydrogens (tertiary/aromatic N) is 3. The van der Waals surface area contributed by atoms with E-state index in [4.69, 9.17) is 0 Å². The van der Waals surface area contributed by atoms with Crippen LogP contribution in [0.1, 0.15) is 24.6 Å². The van der Waals surface area contributed by atoms with Gasteiger partial charge in [-0.05, 0) is 31.0 Å². The molecular formula is C13H18N4. The minimum absolute atomic E-state index is 0.773. The highest BCUT2D eigenvalue weighted by molar-refractivity contribution is 5.35. The Morgan fingerprint density at radius 3 is 2.76 bits per heavy atom. The van der Waals surface area contributed by atoms with Gasteiger partial charge in [0.15, 0.2) is 0 Å². The van der Waals surface area contributed by atoms with Crippen molar-refractivity contribution in [2.45, 2.75) is 26.8 Å². The van der Waals surface area contributed by atoms with Crippen molar-refractivity contribution >= 4 is 5.82 Å². The number of rotatable bonds is 5. The third kappa shape index (κ3) is 3.31. The lowest BCUT2D eigenvalue weighted by Gasteiger charge is -2.05. The molecule has 0 fully saturated rings. The molecule has 0 spiro atoms. The van der Waals surface area contributed by atoms with Gasteiger partial charge in [0.1, 0.15) is 5.82 Å². The lowest BCUT2D eigenvalue weighted by atomic mass is 10.3. The van der Waals surface area contributed by atoms with E-state index in [0.717, 1.165) is 36.6 Å². The molecule has 0 atom stereocenters. The number of aromatic nitrogens is 3. The number of nitrogens with one attached hydrogen (secondary N) is 1. The van der Waals surface area contributed by atoms with Gasteiger partial charge >= 0.3 is 0 Å². The second kappa shape index (κ2) is 5.48. The molecule has 1 N–H and O–H groups in total. The summed E-state index contributed by atoms with van der Waals surface area (Å²) in [5.41, 5.74) is 2.20. The molecule has 0 bridgehead atoms. The SMILES string of the molecule is CCCNc1ccc(Cn2ccc(C)n2)cn1. The van der Waals surface area contributed by atoms with Crippen molar-refractivity contribution in [1.82, 2.24) is 14.8 Å². The maximum atomic E-state index is 4.37. The fourth-order valence-corrected chi connectivity index (χ4v) is 1.61.